The average Bonchev–Trinajstić information content (AvgIpc) is 2.65. The Bertz CT molecular complexity index is 521. The molecule has 0 amide bonds. The van der Waals surface area contributed by atoms with Crippen molar-refractivity contribution in [2.24, 2.45) is 4.99 Å². The van der Waals surface area contributed by atoms with Crippen LogP contribution in [0, 0.1) is 6.92 Å². The van der Waals surface area contributed by atoms with E-state index in [9.17, 15) is 0 Å². The van der Waals surface area contributed by atoms with Crippen molar-refractivity contribution >= 4 is 5.96 Å². The minimum atomic E-state index is 0.560. The van der Waals surface area contributed by atoms with Crippen molar-refractivity contribution < 1.29 is 14.2 Å². The molecule has 0 aliphatic heterocycles. The van der Waals surface area contributed by atoms with Crippen LogP contribution < -0.4 is 15.4 Å². The van der Waals surface area contributed by atoms with Crippen molar-refractivity contribution in [2.45, 2.75) is 40.2 Å². The van der Waals surface area contributed by atoms with Gasteiger partial charge in [0.1, 0.15) is 5.75 Å². The van der Waals surface area contributed by atoms with Crippen LogP contribution in [-0.2, 0) is 16.0 Å². The second kappa shape index (κ2) is 14.4. The monoisotopic (exact) mass is 365 g/mol. The van der Waals surface area contributed by atoms with Crippen LogP contribution in [0.2, 0.25) is 0 Å². The predicted octanol–water partition coefficient (Wildman–Crippen LogP) is 2.89. The first kappa shape index (κ1) is 22.3. The third-order valence-corrected chi connectivity index (χ3v) is 3.75. The highest BCUT2D eigenvalue weighted by atomic mass is 16.5. The van der Waals surface area contributed by atoms with Gasteiger partial charge in [-0.1, -0.05) is 25.5 Å². The normalized spacial score (nSPS) is 11.5. The van der Waals surface area contributed by atoms with Gasteiger partial charge in [-0.25, -0.2) is 4.99 Å². The van der Waals surface area contributed by atoms with Crippen molar-refractivity contribution in [1.82, 2.24) is 10.6 Å². The second-order valence-corrected chi connectivity index (χ2v) is 6.02. The van der Waals surface area contributed by atoms with Crippen LogP contribution in [0.3, 0.4) is 0 Å². The number of aryl methyl sites for hydroxylation is 1. The molecule has 0 radical (unpaired) electrons. The number of unbranched alkanes of at least 4 members (excludes halogenated alkanes) is 1. The molecule has 0 saturated carbocycles. The van der Waals surface area contributed by atoms with Gasteiger partial charge in [-0.05, 0) is 31.9 Å². The molecule has 148 valence electrons. The van der Waals surface area contributed by atoms with E-state index in [1.807, 2.05) is 13.0 Å². The van der Waals surface area contributed by atoms with Crippen molar-refractivity contribution in [3.8, 4) is 5.75 Å². The van der Waals surface area contributed by atoms with E-state index in [1.165, 1.54) is 5.56 Å². The van der Waals surface area contributed by atoms with Crippen molar-refractivity contribution in [3.63, 3.8) is 0 Å². The Morgan fingerprint density at radius 2 is 1.81 bits per heavy atom. The van der Waals surface area contributed by atoms with Crippen LogP contribution in [0.15, 0.2) is 23.2 Å². The molecule has 1 rings (SSSR count). The topological polar surface area (TPSA) is 64.1 Å². The standard InChI is InChI=1S/C20H35N3O3/c1-5-7-11-25-13-14-26-12-10-22-20(21-6-2)23-16-18-9-8-17(3)15-19(18)24-4/h8-9,15H,5-7,10-14,16H2,1-4H3,(H2,21,22,23). The van der Waals surface area contributed by atoms with Gasteiger partial charge in [0.15, 0.2) is 5.96 Å². The Morgan fingerprint density at radius 1 is 1.04 bits per heavy atom. The lowest BCUT2D eigenvalue weighted by Gasteiger charge is -2.13. The maximum atomic E-state index is 5.56. The number of nitrogens with zero attached hydrogens (tertiary/aromatic N) is 1. The van der Waals surface area contributed by atoms with E-state index >= 15 is 0 Å². The van der Waals surface area contributed by atoms with Crippen LogP contribution >= 0.6 is 0 Å². The average molecular weight is 366 g/mol. The molecule has 1 aromatic rings. The summed E-state index contributed by atoms with van der Waals surface area (Å²) in [5.74, 6) is 1.65. The maximum Gasteiger partial charge on any atom is 0.191 e. The summed E-state index contributed by atoms with van der Waals surface area (Å²) in [5, 5.41) is 6.53. The van der Waals surface area contributed by atoms with E-state index in [0.29, 0.717) is 32.9 Å². The fourth-order valence-electron chi connectivity index (χ4n) is 2.30. The molecule has 0 aliphatic rings. The predicted molar refractivity (Wildman–Crippen MR) is 107 cm³/mol. The van der Waals surface area contributed by atoms with Gasteiger partial charge in [-0.3, -0.25) is 0 Å². The van der Waals surface area contributed by atoms with Gasteiger partial charge in [0.2, 0.25) is 0 Å². The number of guanidine groups is 1. The van der Waals surface area contributed by atoms with Crippen molar-refractivity contribution in [1.29, 1.82) is 0 Å². The van der Waals surface area contributed by atoms with Crippen LogP contribution in [0.5, 0.6) is 5.75 Å². The lowest BCUT2D eigenvalue weighted by Crippen LogP contribution is -2.39. The molecule has 26 heavy (non-hydrogen) atoms. The maximum absolute atomic E-state index is 5.56. The molecule has 0 spiro atoms. The van der Waals surface area contributed by atoms with E-state index in [4.69, 9.17) is 14.2 Å². The van der Waals surface area contributed by atoms with Crippen LogP contribution in [0.1, 0.15) is 37.8 Å². The fraction of sp³-hybridized carbons (Fsp3) is 0.650. The molecule has 6 nitrogen and oxygen atoms in total. The first-order valence-electron chi connectivity index (χ1n) is 9.52. The van der Waals surface area contributed by atoms with E-state index in [2.05, 4.69) is 41.6 Å². The van der Waals surface area contributed by atoms with Crippen molar-refractivity contribution in [2.75, 3.05) is 46.6 Å². The van der Waals surface area contributed by atoms with Gasteiger partial charge in [-0.2, -0.15) is 0 Å². The Morgan fingerprint density at radius 3 is 2.50 bits per heavy atom. The lowest BCUT2D eigenvalue weighted by molar-refractivity contribution is 0.0487. The molecule has 1 aromatic carbocycles. The summed E-state index contributed by atoms with van der Waals surface area (Å²) < 4.78 is 16.5. The Labute approximate surface area is 158 Å². The number of rotatable bonds is 13. The fourth-order valence-corrected chi connectivity index (χ4v) is 2.30. The summed E-state index contributed by atoms with van der Waals surface area (Å²) in [6.07, 6.45) is 2.27. The highest BCUT2D eigenvalue weighted by Gasteiger charge is 2.03. The van der Waals surface area contributed by atoms with Gasteiger partial charge < -0.3 is 24.8 Å². The number of nitrogens with one attached hydrogen (secondary N) is 2. The zero-order chi connectivity index (χ0) is 19.0. The minimum absolute atomic E-state index is 0.560. The van der Waals surface area contributed by atoms with Gasteiger partial charge in [0, 0.05) is 25.3 Å². The van der Waals surface area contributed by atoms with Gasteiger partial charge >= 0.3 is 0 Å². The highest BCUT2D eigenvalue weighted by Crippen LogP contribution is 2.20. The molecule has 0 saturated heterocycles. The van der Waals surface area contributed by atoms with E-state index in [1.54, 1.807) is 7.11 Å². The molecule has 0 fully saturated rings. The molecule has 0 bridgehead atoms. The first-order chi connectivity index (χ1) is 12.7. The molecular formula is C20H35N3O3. The summed E-state index contributed by atoms with van der Waals surface area (Å²) in [6, 6.07) is 6.16. The molecule has 0 unspecified atom stereocenters. The zero-order valence-corrected chi connectivity index (χ0v) is 16.8. The van der Waals surface area contributed by atoms with E-state index in [-0.39, 0.29) is 0 Å². The van der Waals surface area contributed by atoms with Gasteiger partial charge in [-0.15, -0.1) is 0 Å². The number of hydrogen-bond acceptors (Lipinski definition) is 4. The molecule has 0 atom stereocenters. The number of ether oxygens (including phenoxy) is 3. The number of aliphatic imine (C=N–C) groups is 1. The number of hydrogen-bond donors (Lipinski definition) is 2. The Hall–Kier alpha value is -1.79. The summed E-state index contributed by atoms with van der Waals surface area (Å²) >= 11 is 0. The third kappa shape index (κ3) is 9.63. The van der Waals surface area contributed by atoms with E-state index in [0.717, 1.165) is 43.3 Å². The largest absolute Gasteiger partial charge is 0.496 e. The Balaban J connectivity index is 2.33. The number of benzene rings is 1. The summed E-state index contributed by atoms with van der Waals surface area (Å²) in [6.45, 7) is 11.0. The first-order valence-corrected chi connectivity index (χ1v) is 9.52. The molecule has 6 heteroatoms. The van der Waals surface area contributed by atoms with Gasteiger partial charge in [0.25, 0.3) is 0 Å². The lowest BCUT2D eigenvalue weighted by atomic mass is 10.1. The quantitative estimate of drug-likeness (QED) is 0.320. The van der Waals surface area contributed by atoms with Crippen LogP contribution in [0.25, 0.3) is 0 Å². The third-order valence-electron chi connectivity index (χ3n) is 3.75. The van der Waals surface area contributed by atoms with Crippen LogP contribution in [-0.4, -0.2) is 52.6 Å². The molecule has 0 aromatic heterocycles. The summed E-state index contributed by atoms with van der Waals surface area (Å²) in [5.41, 5.74) is 2.24. The van der Waals surface area contributed by atoms with Crippen LogP contribution in [0.4, 0.5) is 0 Å². The SMILES string of the molecule is CCCCOCCOCCNC(=NCc1ccc(C)cc1OC)NCC. The smallest absolute Gasteiger partial charge is 0.191 e. The second-order valence-electron chi connectivity index (χ2n) is 6.02. The van der Waals surface area contributed by atoms with E-state index < -0.39 is 0 Å². The number of methoxy groups -OCH3 is 1. The van der Waals surface area contributed by atoms with Gasteiger partial charge in [0.05, 0.1) is 33.5 Å². The molecular weight excluding hydrogens is 330 g/mol. The van der Waals surface area contributed by atoms with Crippen molar-refractivity contribution in [3.05, 3.63) is 29.3 Å². The zero-order valence-electron chi connectivity index (χ0n) is 16.8. The highest BCUT2D eigenvalue weighted by molar-refractivity contribution is 5.79. The molecule has 0 aliphatic carbocycles. The molecule has 2 N–H and O–H groups in total. The Kier molecular flexibility index (Phi) is 12.3. The summed E-state index contributed by atoms with van der Waals surface area (Å²) in [7, 11) is 1.69. The minimum Gasteiger partial charge on any atom is -0.496 e. The molecule has 0 heterocycles. The summed E-state index contributed by atoms with van der Waals surface area (Å²) in [4.78, 5) is 4.62.